The highest BCUT2D eigenvalue weighted by Gasteiger charge is 2.39. The highest BCUT2D eigenvalue weighted by molar-refractivity contribution is 7.89. The molecule has 1 saturated heterocycles. The fourth-order valence-corrected chi connectivity index (χ4v) is 6.01. The lowest BCUT2D eigenvalue weighted by molar-refractivity contribution is 0.392. The summed E-state index contributed by atoms with van der Waals surface area (Å²) in [4.78, 5) is 4.05. The van der Waals surface area contributed by atoms with Gasteiger partial charge in [-0.1, -0.05) is 12.1 Å². The average molecular weight is 380 g/mol. The van der Waals surface area contributed by atoms with E-state index in [1.54, 1.807) is 0 Å². The van der Waals surface area contributed by atoms with Crippen LogP contribution in [-0.2, 0) is 10.0 Å². The topological polar surface area (TPSA) is 50.3 Å². The number of fused-ring (bicyclic) bond motifs is 1. The highest BCUT2D eigenvalue weighted by Crippen LogP contribution is 2.40. The predicted octanol–water partition coefficient (Wildman–Crippen LogP) is 4.10. The summed E-state index contributed by atoms with van der Waals surface area (Å²) in [6, 6.07) is 9.70. The zero-order chi connectivity index (χ0) is 17.6. The van der Waals surface area contributed by atoms with Crippen molar-refractivity contribution in [2.45, 2.75) is 23.8 Å². The Morgan fingerprint density at radius 1 is 1.16 bits per heavy atom. The molecule has 1 fully saturated rings. The maximum atomic E-state index is 14.0. The molecule has 2 aromatic carbocycles. The van der Waals surface area contributed by atoms with Crippen molar-refractivity contribution < 1.29 is 17.2 Å². The number of benzene rings is 2. The van der Waals surface area contributed by atoms with Crippen LogP contribution >= 0.6 is 11.3 Å². The minimum absolute atomic E-state index is 0.291. The van der Waals surface area contributed by atoms with Gasteiger partial charge in [-0.2, -0.15) is 4.31 Å². The Morgan fingerprint density at radius 2 is 1.96 bits per heavy atom. The zero-order valence-corrected chi connectivity index (χ0v) is 14.7. The minimum Gasteiger partial charge on any atom is -0.239 e. The smallest absolute Gasteiger partial charge is 0.239 e. The second-order valence-electron chi connectivity index (χ2n) is 5.87. The van der Waals surface area contributed by atoms with E-state index >= 15 is 0 Å². The van der Waals surface area contributed by atoms with Gasteiger partial charge < -0.3 is 0 Å². The van der Waals surface area contributed by atoms with Crippen LogP contribution in [0.1, 0.15) is 23.9 Å². The quantitative estimate of drug-likeness (QED) is 0.687. The van der Waals surface area contributed by atoms with Gasteiger partial charge in [0.25, 0.3) is 0 Å². The lowest BCUT2D eigenvalue weighted by Gasteiger charge is -2.22. The second-order valence-corrected chi connectivity index (χ2v) is 8.79. The van der Waals surface area contributed by atoms with Gasteiger partial charge in [0.1, 0.15) is 21.5 Å². The molecule has 4 rings (SSSR count). The molecule has 1 atom stereocenters. The number of hydrogen-bond acceptors (Lipinski definition) is 4. The van der Waals surface area contributed by atoms with Crippen LogP contribution in [-0.4, -0.2) is 24.3 Å². The van der Waals surface area contributed by atoms with Crippen LogP contribution in [0.25, 0.3) is 10.2 Å². The number of para-hydroxylation sites is 1. The molecular weight excluding hydrogens is 366 g/mol. The molecular formula is C17H14F2N2O2S2. The lowest BCUT2D eigenvalue weighted by atomic mass is 10.2. The van der Waals surface area contributed by atoms with Crippen molar-refractivity contribution in [2.75, 3.05) is 6.54 Å². The largest absolute Gasteiger partial charge is 0.246 e. The SMILES string of the molecule is O=S(=O)(c1ccc(F)cc1F)N1CCC[C@@H]1c1nc2ccccc2s1. The molecule has 0 N–H and O–H groups in total. The number of halogens is 2. The maximum Gasteiger partial charge on any atom is 0.246 e. The summed E-state index contributed by atoms with van der Waals surface area (Å²) in [5, 5.41) is 0.699. The second kappa shape index (κ2) is 6.12. The molecule has 0 aliphatic carbocycles. The van der Waals surface area contributed by atoms with E-state index in [1.807, 2.05) is 24.3 Å². The molecule has 1 aliphatic heterocycles. The summed E-state index contributed by atoms with van der Waals surface area (Å²) >= 11 is 1.45. The normalized spacial score (nSPS) is 18.9. The van der Waals surface area contributed by atoms with Crippen LogP contribution in [0.4, 0.5) is 8.78 Å². The monoisotopic (exact) mass is 380 g/mol. The zero-order valence-electron chi connectivity index (χ0n) is 13.0. The Kier molecular flexibility index (Phi) is 4.05. The summed E-state index contributed by atoms with van der Waals surface area (Å²) in [7, 11) is -4.06. The fourth-order valence-electron chi connectivity index (χ4n) is 3.12. The molecule has 0 radical (unpaired) electrons. The van der Waals surface area contributed by atoms with Crippen molar-refractivity contribution in [3.8, 4) is 0 Å². The van der Waals surface area contributed by atoms with E-state index in [4.69, 9.17) is 0 Å². The molecule has 25 heavy (non-hydrogen) atoms. The van der Waals surface area contributed by atoms with Crippen LogP contribution in [0, 0.1) is 11.6 Å². The van der Waals surface area contributed by atoms with Gasteiger partial charge in [0.05, 0.1) is 16.3 Å². The van der Waals surface area contributed by atoms with Gasteiger partial charge in [-0.15, -0.1) is 11.3 Å². The van der Waals surface area contributed by atoms with E-state index in [1.165, 1.54) is 15.6 Å². The number of aromatic nitrogens is 1. The van der Waals surface area contributed by atoms with E-state index in [2.05, 4.69) is 4.98 Å². The molecule has 2 heterocycles. The molecule has 0 bridgehead atoms. The van der Waals surface area contributed by atoms with Crippen molar-refractivity contribution in [3.63, 3.8) is 0 Å². The van der Waals surface area contributed by atoms with Gasteiger partial charge in [-0.05, 0) is 37.1 Å². The molecule has 1 aliphatic rings. The van der Waals surface area contributed by atoms with E-state index in [0.717, 1.165) is 22.3 Å². The van der Waals surface area contributed by atoms with E-state index in [9.17, 15) is 17.2 Å². The average Bonchev–Trinajstić information content (AvgIpc) is 3.21. The molecule has 0 amide bonds. The molecule has 0 saturated carbocycles. The van der Waals surface area contributed by atoms with Crippen molar-refractivity contribution in [2.24, 2.45) is 0 Å². The standard InChI is InChI=1S/C17H14F2N2O2S2/c18-11-7-8-16(12(19)10-11)25(22,23)21-9-3-5-14(21)17-20-13-4-1-2-6-15(13)24-17/h1-2,4,6-8,10,14H,3,5,9H2/t14-/m1/s1. The van der Waals surface area contributed by atoms with Crippen LogP contribution in [0.15, 0.2) is 47.4 Å². The van der Waals surface area contributed by atoms with E-state index < -0.39 is 32.6 Å². The van der Waals surface area contributed by atoms with Crippen LogP contribution in [0.5, 0.6) is 0 Å². The Labute approximate surface area is 147 Å². The van der Waals surface area contributed by atoms with Crippen LogP contribution < -0.4 is 0 Å². The molecule has 130 valence electrons. The third kappa shape index (κ3) is 2.84. The van der Waals surface area contributed by atoms with Gasteiger partial charge in [0.2, 0.25) is 10.0 Å². The molecule has 8 heteroatoms. The maximum absolute atomic E-state index is 14.0. The van der Waals surface area contributed by atoms with E-state index in [0.29, 0.717) is 30.5 Å². The van der Waals surface area contributed by atoms with Gasteiger partial charge in [0, 0.05) is 12.6 Å². The Hall–Kier alpha value is -1.90. The number of nitrogens with zero attached hydrogens (tertiary/aromatic N) is 2. The Bertz CT molecular complexity index is 1020. The van der Waals surface area contributed by atoms with Crippen LogP contribution in [0.2, 0.25) is 0 Å². The Morgan fingerprint density at radius 3 is 2.72 bits per heavy atom. The van der Waals surface area contributed by atoms with Crippen molar-refractivity contribution in [1.29, 1.82) is 0 Å². The fraction of sp³-hybridized carbons (Fsp3) is 0.235. The first kappa shape index (κ1) is 16.6. The number of hydrogen-bond donors (Lipinski definition) is 0. The van der Waals surface area contributed by atoms with Crippen molar-refractivity contribution >= 4 is 31.6 Å². The number of thiazole rings is 1. The van der Waals surface area contributed by atoms with Gasteiger partial charge in [0.15, 0.2) is 0 Å². The van der Waals surface area contributed by atoms with Gasteiger partial charge in [-0.3, -0.25) is 0 Å². The summed E-state index contributed by atoms with van der Waals surface area (Å²) in [5.74, 6) is -1.88. The van der Waals surface area contributed by atoms with Crippen molar-refractivity contribution in [1.82, 2.24) is 9.29 Å². The first-order chi connectivity index (χ1) is 12.0. The van der Waals surface area contributed by atoms with Gasteiger partial charge >= 0.3 is 0 Å². The first-order valence-corrected chi connectivity index (χ1v) is 10.0. The van der Waals surface area contributed by atoms with Gasteiger partial charge in [-0.25, -0.2) is 22.2 Å². The highest BCUT2D eigenvalue weighted by atomic mass is 32.2. The Balaban J connectivity index is 1.75. The van der Waals surface area contributed by atoms with E-state index in [-0.39, 0.29) is 0 Å². The number of rotatable bonds is 3. The predicted molar refractivity (Wildman–Crippen MR) is 91.8 cm³/mol. The molecule has 1 aromatic heterocycles. The third-order valence-electron chi connectivity index (χ3n) is 4.28. The summed E-state index contributed by atoms with van der Waals surface area (Å²) in [6.45, 7) is 0.291. The number of sulfonamides is 1. The molecule has 3 aromatic rings. The molecule has 4 nitrogen and oxygen atoms in total. The summed E-state index contributed by atoms with van der Waals surface area (Å²) < 4.78 is 55.2. The van der Waals surface area contributed by atoms with Crippen LogP contribution in [0.3, 0.4) is 0 Å². The van der Waals surface area contributed by atoms with Crippen molar-refractivity contribution in [3.05, 3.63) is 59.1 Å². The summed E-state index contributed by atoms with van der Waals surface area (Å²) in [6.07, 6.45) is 1.30. The summed E-state index contributed by atoms with van der Waals surface area (Å²) in [5.41, 5.74) is 0.819. The molecule has 0 unspecified atom stereocenters. The lowest BCUT2D eigenvalue weighted by Crippen LogP contribution is -2.31. The first-order valence-electron chi connectivity index (χ1n) is 7.79. The molecule has 0 spiro atoms. The third-order valence-corrected chi connectivity index (χ3v) is 7.36. The minimum atomic E-state index is -4.06.